The molecule has 0 bridgehead atoms. The molecule has 0 heterocycles. The summed E-state index contributed by atoms with van der Waals surface area (Å²) in [6.45, 7) is 5.89. The van der Waals surface area contributed by atoms with Crippen molar-refractivity contribution in [3.8, 4) is 5.75 Å². The van der Waals surface area contributed by atoms with Gasteiger partial charge in [0.2, 0.25) is 10.0 Å². The van der Waals surface area contributed by atoms with Crippen molar-refractivity contribution < 1.29 is 17.9 Å². The molecule has 0 aliphatic rings. The molecule has 0 saturated heterocycles. The number of amides is 1. The summed E-state index contributed by atoms with van der Waals surface area (Å²) in [4.78, 5) is 12.3. The second-order valence-electron chi connectivity index (χ2n) is 6.41. The molecule has 0 aliphatic carbocycles. The van der Waals surface area contributed by atoms with Gasteiger partial charge in [0, 0.05) is 19.2 Å². The molecule has 27 heavy (non-hydrogen) atoms. The van der Waals surface area contributed by atoms with E-state index < -0.39 is 10.0 Å². The Bertz CT molecular complexity index is 877. The molecule has 0 fully saturated rings. The Balaban J connectivity index is 2.00. The average Bonchev–Trinajstić information content (AvgIpc) is 2.65. The second kappa shape index (κ2) is 8.90. The molecular formula is C20H26N2O4S. The molecule has 7 heteroatoms. The molecule has 0 radical (unpaired) electrons. The third kappa shape index (κ3) is 5.72. The van der Waals surface area contributed by atoms with E-state index in [9.17, 15) is 13.2 Å². The zero-order chi connectivity index (χ0) is 20.0. The fourth-order valence-electron chi connectivity index (χ4n) is 2.46. The SMILES string of the molecule is CCS(=O)(=O)N(C)c1ccc(C(=O)NCc2cccc(OC(C)C)c2)cc1. The van der Waals surface area contributed by atoms with Crippen LogP contribution in [0.15, 0.2) is 48.5 Å². The predicted molar refractivity (Wildman–Crippen MR) is 108 cm³/mol. The summed E-state index contributed by atoms with van der Waals surface area (Å²) < 4.78 is 30.7. The van der Waals surface area contributed by atoms with Gasteiger partial charge in [-0.2, -0.15) is 0 Å². The first-order valence-electron chi connectivity index (χ1n) is 8.83. The van der Waals surface area contributed by atoms with Crippen LogP contribution in [0.5, 0.6) is 5.75 Å². The minimum atomic E-state index is -3.32. The summed E-state index contributed by atoms with van der Waals surface area (Å²) in [5, 5.41) is 2.86. The van der Waals surface area contributed by atoms with Crippen LogP contribution in [-0.4, -0.2) is 33.2 Å². The van der Waals surface area contributed by atoms with Gasteiger partial charge in [-0.3, -0.25) is 9.10 Å². The highest BCUT2D eigenvalue weighted by Gasteiger charge is 2.16. The summed E-state index contributed by atoms with van der Waals surface area (Å²) in [6.07, 6.45) is 0.0861. The molecular weight excluding hydrogens is 364 g/mol. The van der Waals surface area contributed by atoms with Crippen LogP contribution in [0.1, 0.15) is 36.7 Å². The molecule has 0 aromatic heterocycles. The first kappa shape index (κ1) is 20.8. The van der Waals surface area contributed by atoms with E-state index in [0.717, 1.165) is 11.3 Å². The van der Waals surface area contributed by atoms with Gasteiger partial charge in [-0.1, -0.05) is 12.1 Å². The lowest BCUT2D eigenvalue weighted by Crippen LogP contribution is -2.28. The summed E-state index contributed by atoms with van der Waals surface area (Å²) in [6, 6.07) is 14.1. The van der Waals surface area contributed by atoms with Crippen molar-refractivity contribution in [1.29, 1.82) is 0 Å². The number of nitrogens with zero attached hydrogens (tertiary/aromatic N) is 1. The minimum Gasteiger partial charge on any atom is -0.491 e. The summed E-state index contributed by atoms with van der Waals surface area (Å²) in [5.41, 5.74) is 1.93. The third-order valence-electron chi connectivity index (χ3n) is 4.00. The smallest absolute Gasteiger partial charge is 0.251 e. The Hall–Kier alpha value is -2.54. The topological polar surface area (TPSA) is 75.7 Å². The van der Waals surface area contributed by atoms with Gasteiger partial charge >= 0.3 is 0 Å². The summed E-state index contributed by atoms with van der Waals surface area (Å²) >= 11 is 0. The molecule has 2 rings (SSSR count). The molecule has 0 aliphatic heterocycles. The molecule has 1 amide bonds. The van der Waals surface area contributed by atoms with Crippen molar-refractivity contribution in [3.63, 3.8) is 0 Å². The van der Waals surface area contributed by atoms with E-state index in [2.05, 4.69) is 5.32 Å². The van der Waals surface area contributed by atoms with Crippen molar-refractivity contribution >= 4 is 21.6 Å². The maximum atomic E-state index is 12.3. The number of hydrogen-bond acceptors (Lipinski definition) is 4. The number of carbonyl (C=O) groups is 1. The Labute approximate surface area is 161 Å². The van der Waals surface area contributed by atoms with Crippen LogP contribution in [0.25, 0.3) is 0 Å². The van der Waals surface area contributed by atoms with Gasteiger partial charge < -0.3 is 10.1 Å². The minimum absolute atomic E-state index is 0.0192. The highest BCUT2D eigenvalue weighted by atomic mass is 32.2. The second-order valence-corrected chi connectivity index (χ2v) is 8.70. The zero-order valence-electron chi connectivity index (χ0n) is 16.1. The van der Waals surface area contributed by atoms with Crippen molar-refractivity contribution in [1.82, 2.24) is 5.32 Å². The predicted octanol–water partition coefficient (Wildman–Crippen LogP) is 3.19. The van der Waals surface area contributed by atoms with E-state index in [1.54, 1.807) is 31.2 Å². The number of carbonyl (C=O) groups excluding carboxylic acids is 1. The Morgan fingerprint density at radius 2 is 1.81 bits per heavy atom. The Morgan fingerprint density at radius 3 is 2.41 bits per heavy atom. The largest absolute Gasteiger partial charge is 0.491 e. The van der Waals surface area contributed by atoms with Gasteiger partial charge in [-0.15, -0.1) is 0 Å². The van der Waals surface area contributed by atoms with E-state index >= 15 is 0 Å². The van der Waals surface area contributed by atoms with Gasteiger partial charge in [0.25, 0.3) is 5.91 Å². The summed E-state index contributed by atoms with van der Waals surface area (Å²) in [7, 11) is -1.82. The zero-order valence-corrected chi connectivity index (χ0v) is 16.9. The number of sulfonamides is 1. The molecule has 0 saturated carbocycles. The van der Waals surface area contributed by atoms with Crippen LogP contribution in [0, 0.1) is 0 Å². The maximum absolute atomic E-state index is 12.3. The van der Waals surface area contributed by atoms with Crippen LogP contribution in [0.3, 0.4) is 0 Å². The number of rotatable bonds is 8. The average molecular weight is 391 g/mol. The van der Waals surface area contributed by atoms with Crippen LogP contribution < -0.4 is 14.4 Å². The summed E-state index contributed by atoms with van der Waals surface area (Å²) in [5.74, 6) is 0.560. The lowest BCUT2D eigenvalue weighted by molar-refractivity contribution is 0.0951. The van der Waals surface area contributed by atoms with E-state index in [4.69, 9.17) is 4.74 Å². The maximum Gasteiger partial charge on any atom is 0.251 e. The number of hydrogen-bond donors (Lipinski definition) is 1. The van der Waals surface area contributed by atoms with Gasteiger partial charge in [0.05, 0.1) is 17.5 Å². The Kier molecular flexibility index (Phi) is 6.85. The lowest BCUT2D eigenvalue weighted by atomic mass is 10.1. The fourth-order valence-corrected chi connectivity index (χ4v) is 3.29. The van der Waals surface area contributed by atoms with Crippen LogP contribution in [-0.2, 0) is 16.6 Å². The van der Waals surface area contributed by atoms with Crippen LogP contribution in [0.2, 0.25) is 0 Å². The highest BCUT2D eigenvalue weighted by molar-refractivity contribution is 7.92. The Morgan fingerprint density at radius 1 is 1.15 bits per heavy atom. The highest BCUT2D eigenvalue weighted by Crippen LogP contribution is 2.18. The van der Waals surface area contributed by atoms with E-state index in [1.165, 1.54) is 11.4 Å². The van der Waals surface area contributed by atoms with Crippen LogP contribution in [0.4, 0.5) is 5.69 Å². The lowest BCUT2D eigenvalue weighted by Gasteiger charge is -2.18. The quantitative estimate of drug-likeness (QED) is 0.751. The molecule has 6 nitrogen and oxygen atoms in total. The van der Waals surface area contributed by atoms with Crippen molar-refractivity contribution in [2.75, 3.05) is 17.1 Å². The van der Waals surface area contributed by atoms with Crippen molar-refractivity contribution in [2.45, 2.75) is 33.4 Å². The van der Waals surface area contributed by atoms with Crippen LogP contribution >= 0.6 is 0 Å². The number of ether oxygens (including phenoxy) is 1. The van der Waals surface area contributed by atoms with Gasteiger partial charge in [0.15, 0.2) is 0 Å². The van der Waals surface area contributed by atoms with Gasteiger partial charge in [-0.05, 0) is 62.7 Å². The molecule has 2 aromatic rings. The van der Waals surface area contributed by atoms with Gasteiger partial charge in [-0.25, -0.2) is 8.42 Å². The molecule has 1 N–H and O–H groups in total. The molecule has 0 spiro atoms. The number of benzene rings is 2. The van der Waals surface area contributed by atoms with Crippen molar-refractivity contribution in [2.24, 2.45) is 0 Å². The molecule has 2 aromatic carbocycles. The van der Waals surface area contributed by atoms with E-state index in [1.807, 2.05) is 38.1 Å². The first-order valence-corrected chi connectivity index (χ1v) is 10.4. The molecule has 0 atom stereocenters. The van der Waals surface area contributed by atoms with E-state index in [-0.39, 0.29) is 17.8 Å². The molecule has 0 unspecified atom stereocenters. The third-order valence-corrected chi connectivity index (χ3v) is 5.77. The molecule has 146 valence electrons. The standard InChI is InChI=1S/C20H26N2O4S/c1-5-27(24,25)22(4)18-11-9-17(10-12-18)20(23)21-14-16-7-6-8-19(13-16)26-15(2)3/h6-13,15H,5,14H2,1-4H3,(H,21,23). The van der Waals surface area contributed by atoms with Crippen molar-refractivity contribution in [3.05, 3.63) is 59.7 Å². The number of nitrogens with one attached hydrogen (secondary N) is 1. The normalized spacial score (nSPS) is 11.3. The number of anilines is 1. The first-order chi connectivity index (χ1) is 12.7. The fraction of sp³-hybridized carbons (Fsp3) is 0.350. The monoisotopic (exact) mass is 390 g/mol. The van der Waals surface area contributed by atoms with E-state index in [0.29, 0.717) is 17.8 Å². The van der Waals surface area contributed by atoms with Gasteiger partial charge in [0.1, 0.15) is 5.75 Å².